The van der Waals surface area contributed by atoms with Gasteiger partial charge in [-0.2, -0.15) is 0 Å². The van der Waals surface area contributed by atoms with Crippen LogP contribution in [0.2, 0.25) is 0 Å². The second-order valence-electron chi connectivity index (χ2n) is 37.0. The van der Waals surface area contributed by atoms with E-state index in [0.29, 0.717) is 0 Å². The van der Waals surface area contributed by atoms with Crippen molar-refractivity contribution in [2.45, 2.75) is 0 Å². The molecule has 0 amide bonds. The first kappa shape index (κ1) is 80.2. The van der Waals surface area contributed by atoms with Crippen molar-refractivity contribution in [3.05, 3.63) is 485 Å². The zero-order valence-corrected chi connectivity index (χ0v) is 76.6. The topological polar surface area (TPSA) is 81.2 Å². The van der Waals surface area contributed by atoms with Crippen LogP contribution in [0.3, 0.4) is 0 Å². The van der Waals surface area contributed by atoms with Crippen LogP contribution in [0.15, 0.2) is 485 Å². The molecule has 0 spiro atoms. The van der Waals surface area contributed by atoms with Gasteiger partial charge in [-0.15, -0.1) is 0 Å². The van der Waals surface area contributed by atoms with Crippen LogP contribution >= 0.6 is 0 Å². The Morgan fingerprint density at radius 1 is 0.148 bits per heavy atom. The molecule has 31 rings (SSSR count). The normalized spacial score (nSPS) is 12.1. The van der Waals surface area contributed by atoms with Gasteiger partial charge in [0.05, 0.1) is 33.6 Å². The molecule has 9 heteroatoms. The number of ether oxygens (including phenoxy) is 3. The minimum atomic E-state index is 0.821. The molecule has 0 saturated heterocycles. The summed E-state index contributed by atoms with van der Waals surface area (Å²) < 4.78 is 25.8. The quantitative estimate of drug-likeness (QED) is 0.134. The van der Waals surface area contributed by atoms with Gasteiger partial charge in [-0.3, -0.25) is 13.7 Å². The second kappa shape index (κ2) is 32.3. The number of imidazole rings is 3. The van der Waals surface area contributed by atoms with Gasteiger partial charge in [0.15, 0.2) is 34.5 Å². The van der Waals surface area contributed by atoms with Crippen LogP contribution in [0.5, 0.6) is 34.5 Å². The fraction of sp³-hybridized carbons (Fsp3) is 0. The molecule has 6 heterocycles. The molecule has 0 fully saturated rings. The lowest BCUT2D eigenvalue weighted by Crippen LogP contribution is -2.05. The number of fused-ring (bicyclic) bond motifs is 16. The summed E-state index contributed by atoms with van der Waals surface area (Å²) in [5, 5.41) is 24.6. The van der Waals surface area contributed by atoms with Gasteiger partial charge in [0.1, 0.15) is 34.0 Å². The van der Waals surface area contributed by atoms with Gasteiger partial charge in [0.25, 0.3) is 0 Å². The summed E-state index contributed by atoms with van der Waals surface area (Å²) in [5.74, 6) is 7.66. The highest BCUT2D eigenvalue weighted by molar-refractivity contribution is 6.28. The van der Waals surface area contributed by atoms with E-state index in [2.05, 4.69) is 426 Å². The Morgan fingerprint density at radius 3 is 0.789 bits per heavy atom. The molecule has 660 valence electrons. The van der Waals surface area contributed by atoms with Crippen molar-refractivity contribution < 1.29 is 14.2 Å². The number of aromatic nitrogens is 6. The second-order valence-corrected chi connectivity index (χ2v) is 37.0. The van der Waals surface area contributed by atoms with E-state index in [1.807, 2.05) is 72.8 Å². The van der Waals surface area contributed by atoms with Crippen molar-refractivity contribution in [2.24, 2.45) is 0 Å². The van der Waals surface area contributed by atoms with Crippen LogP contribution < -0.4 is 14.2 Å². The fourth-order valence-corrected chi connectivity index (χ4v) is 22.9. The lowest BCUT2D eigenvalue weighted by atomic mass is 9.83. The van der Waals surface area contributed by atoms with Crippen molar-refractivity contribution in [3.63, 3.8) is 0 Å². The Labute approximate surface area is 815 Å². The highest BCUT2D eigenvalue weighted by Crippen LogP contribution is 2.55. The first-order valence-electron chi connectivity index (χ1n) is 48.3. The number of rotatable bonds is 9. The molecule has 9 nitrogen and oxygen atoms in total. The largest absolute Gasteiger partial charge is 0.453 e. The summed E-state index contributed by atoms with van der Waals surface area (Å²) in [5.41, 5.74) is 26.6. The molecule has 3 aliphatic heterocycles. The Bertz CT molecular complexity index is 10200. The standard InChI is InChI=1S/2C47H28N2O.C39H24N2O/c1-3-16-32-29(12-1)14-9-20-34(32)44-36-18-5-6-19-37(36)45(35-21-10-15-30-13-2-4-17-33(30)35)39-28-31(26-27-38(39)44)47-48-40-22-11-25-43-46(40)49(47)41-23-7-8-24-42(41)50-43;1-3-12-31-26-33(22-20-29(31)10-1)44-36-14-5-6-15-37(36)45(34-23-21-30-11-2-4-13-32(30)27-34)39-28-35(24-25-38(39)44)47-48-40-16-9-19-43-46(40)49(47)41-17-7-8-18-42(41)50-43;1-3-12-25(13-4-1)36-28-16-7-8-17-29(28)37(26-14-5-2-6-15-26)31-24-27(22-23-30(31)36)39-40-32-18-11-21-35-38(32)41(39)33-19-9-10-20-34(33)42-35/h2*1-28H;1-24H. The minimum absolute atomic E-state index is 0.821. The maximum absolute atomic E-state index is 6.37. The van der Waals surface area contributed by atoms with Crippen LogP contribution in [-0.4, -0.2) is 28.7 Å². The third kappa shape index (κ3) is 12.7. The molecule has 0 atom stereocenters. The summed E-state index contributed by atoms with van der Waals surface area (Å²) in [6.07, 6.45) is 0. The van der Waals surface area contributed by atoms with Gasteiger partial charge in [-0.05, 0) is 278 Å². The summed E-state index contributed by atoms with van der Waals surface area (Å²) in [4.78, 5) is 15.7. The van der Waals surface area contributed by atoms with E-state index in [0.717, 1.165) is 119 Å². The number of hydrogen-bond acceptors (Lipinski definition) is 6. The predicted molar refractivity (Wildman–Crippen MR) is 587 cm³/mol. The number of nitrogens with zero attached hydrogens (tertiary/aromatic N) is 6. The Morgan fingerprint density at radius 2 is 0.401 bits per heavy atom. The Kier molecular flexibility index (Phi) is 18.2. The van der Waals surface area contributed by atoms with Gasteiger partial charge in [0, 0.05) is 16.7 Å². The van der Waals surface area contributed by atoms with Gasteiger partial charge in [-0.1, -0.05) is 382 Å². The van der Waals surface area contributed by atoms with Crippen LogP contribution in [0.1, 0.15) is 0 Å². The van der Waals surface area contributed by atoms with Crippen LogP contribution in [0, 0.1) is 0 Å². The summed E-state index contributed by atoms with van der Waals surface area (Å²) >= 11 is 0. The average molecular weight is 1810 g/mol. The first-order chi connectivity index (χ1) is 70.4. The van der Waals surface area contributed by atoms with Crippen molar-refractivity contribution in [1.29, 1.82) is 0 Å². The third-order valence-corrected chi connectivity index (χ3v) is 29.1. The zero-order chi connectivity index (χ0) is 93.1. The van der Waals surface area contributed by atoms with Crippen molar-refractivity contribution >= 4 is 141 Å². The molecule has 3 aliphatic rings. The van der Waals surface area contributed by atoms with E-state index in [1.165, 1.54) is 174 Å². The lowest BCUT2D eigenvalue weighted by Gasteiger charge is -2.22. The molecule has 0 radical (unpaired) electrons. The maximum Gasteiger partial charge on any atom is 0.153 e. The van der Waals surface area contributed by atoms with E-state index in [1.54, 1.807) is 0 Å². The molecule has 25 aromatic carbocycles. The molecule has 0 bridgehead atoms. The summed E-state index contributed by atoms with van der Waals surface area (Å²) in [6.45, 7) is 0. The van der Waals surface area contributed by atoms with E-state index in [-0.39, 0.29) is 0 Å². The lowest BCUT2D eigenvalue weighted by molar-refractivity contribution is 0.475. The number of benzene rings is 25. The summed E-state index contributed by atoms with van der Waals surface area (Å²) in [7, 11) is 0. The van der Waals surface area contributed by atoms with Gasteiger partial charge in [0.2, 0.25) is 0 Å². The Balaban J connectivity index is 0.000000102. The molecule has 142 heavy (non-hydrogen) atoms. The predicted octanol–water partition coefficient (Wildman–Crippen LogP) is 35.9. The average Bonchev–Trinajstić information content (AvgIpc) is 0.915. The van der Waals surface area contributed by atoms with E-state index < -0.39 is 0 Å². The molecule has 0 unspecified atom stereocenters. The maximum atomic E-state index is 6.37. The van der Waals surface area contributed by atoms with Gasteiger partial charge >= 0.3 is 0 Å². The molecule has 3 aromatic heterocycles. The number of para-hydroxylation sites is 9. The smallest absolute Gasteiger partial charge is 0.153 e. The van der Waals surface area contributed by atoms with Crippen LogP contribution in [0.25, 0.3) is 259 Å². The highest BCUT2D eigenvalue weighted by Gasteiger charge is 2.32. The van der Waals surface area contributed by atoms with E-state index in [4.69, 9.17) is 29.2 Å². The molecule has 0 N–H and O–H groups in total. The molecule has 0 saturated carbocycles. The molecular formula is C133H80N6O3. The molecule has 0 aliphatic carbocycles. The van der Waals surface area contributed by atoms with Gasteiger partial charge < -0.3 is 14.2 Å². The van der Waals surface area contributed by atoms with Crippen LogP contribution in [-0.2, 0) is 0 Å². The van der Waals surface area contributed by atoms with Crippen molar-refractivity contribution in [3.8, 4) is 152 Å². The van der Waals surface area contributed by atoms with Crippen LogP contribution in [0.4, 0.5) is 0 Å². The summed E-state index contributed by atoms with van der Waals surface area (Å²) in [6, 6.07) is 173. The Hall–Kier alpha value is -19.1. The van der Waals surface area contributed by atoms with E-state index >= 15 is 0 Å². The van der Waals surface area contributed by atoms with Crippen molar-refractivity contribution in [2.75, 3.05) is 0 Å². The first-order valence-corrected chi connectivity index (χ1v) is 48.3. The van der Waals surface area contributed by atoms with Crippen molar-refractivity contribution in [1.82, 2.24) is 28.7 Å². The fourth-order valence-electron chi connectivity index (χ4n) is 22.9. The zero-order valence-electron chi connectivity index (χ0n) is 76.6. The van der Waals surface area contributed by atoms with Gasteiger partial charge in [-0.25, -0.2) is 15.0 Å². The monoisotopic (exact) mass is 1810 g/mol. The van der Waals surface area contributed by atoms with E-state index in [9.17, 15) is 0 Å². The highest BCUT2D eigenvalue weighted by atomic mass is 16.5. The molecular weight excluding hydrogens is 1730 g/mol. The number of hydrogen-bond donors (Lipinski definition) is 0. The minimum Gasteiger partial charge on any atom is -0.453 e. The SMILES string of the molecule is c1ccc(-c2c3ccccc3c(-c3ccccc3)c3cc(-c4nc5cccc6c5n4-c4ccccc4O6)ccc23)cc1.c1ccc2c(c1)Oc1cccc3nc(-c4ccc5c(-c6ccc7ccccc7c6)c6ccccc6c(-c6ccc7ccccc7c6)c5c4)n-2c13.c1ccc2c(c1)Oc1cccc3nc(-c4ccc5c(-c6cccc7ccccc67)c6ccccc6c(-c6cccc7ccccc67)c5c4)n-2c13. The third-order valence-electron chi connectivity index (χ3n) is 29.1. The molecule has 28 aromatic rings.